The van der Waals surface area contributed by atoms with E-state index in [1.807, 2.05) is 13.2 Å². The Balaban J connectivity index is 2.48. The summed E-state index contributed by atoms with van der Waals surface area (Å²) in [7, 11) is -3.62. The summed E-state index contributed by atoms with van der Waals surface area (Å²) in [6, 6.07) is 6.54. The molecule has 0 fully saturated rings. The molecule has 0 aliphatic carbocycles. The Kier molecular flexibility index (Phi) is 5.08. The third-order valence-electron chi connectivity index (χ3n) is 3.24. The van der Waals surface area contributed by atoms with Gasteiger partial charge in [0.1, 0.15) is 4.90 Å². The van der Waals surface area contributed by atoms with Gasteiger partial charge in [0.25, 0.3) is 0 Å². The first-order valence-corrected chi connectivity index (χ1v) is 9.51. The van der Waals surface area contributed by atoms with E-state index in [1.165, 1.54) is 6.07 Å². The van der Waals surface area contributed by atoms with Gasteiger partial charge in [-0.25, -0.2) is 13.1 Å². The van der Waals surface area contributed by atoms with Crippen LogP contribution in [0.2, 0.25) is 0 Å². The minimum atomic E-state index is -3.62. The van der Waals surface area contributed by atoms with Gasteiger partial charge in [-0.2, -0.15) is 11.8 Å². The van der Waals surface area contributed by atoms with E-state index in [1.54, 1.807) is 36.2 Å². The van der Waals surface area contributed by atoms with Crippen LogP contribution in [-0.4, -0.2) is 31.5 Å². The third kappa shape index (κ3) is 3.48. The molecule has 1 atom stereocenters. The van der Waals surface area contributed by atoms with Crippen molar-refractivity contribution in [1.82, 2.24) is 9.71 Å². The van der Waals surface area contributed by atoms with E-state index in [2.05, 4.69) is 9.71 Å². The van der Waals surface area contributed by atoms with Crippen molar-refractivity contribution in [3.8, 4) is 0 Å². The largest absolute Gasteiger partial charge is 0.398 e. The first-order chi connectivity index (χ1) is 9.99. The molecule has 0 radical (unpaired) electrons. The number of pyridine rings is 1. The van der Waals surface area contributed by atoms with E-state index in [0.29, 0.717) is 16.6 Å². The molecule has 0 saturated heterocycles. The molecule has 3 N–H and O–H groups in total. The zero-order chi connectivity index (χ0) is 15.5. The second-order valence-electron chi connectivity index (χ2n) is 4.73. The van der Waals surface area contributed by atoms with Gasteiger partial charge in [-0.05, 0) is 36.9 Å². The molecule has 114 valence electrons. The molecule has 0 saturated carbocycles. The molecule has 0 bridgehead atoms. The van der Waals surface area contributed by atoms with Crippen molar-refractivity contribution in [2.24, 2.45) is 0 Å². The van der Waals surface area contributed by atoms with Crippen molar-refractivity contribution >= 4 is 38.4 Å². The van der Waals surface area contributed by atoms with E-state index < -0.39 is 10.0 Å². The average Bonchev–Trinajstić information content (AvgIpc) is 2.47. The normalized spacial score (nSPS) is 13.4. The number of nitrogens with two attached hydrogens (primary N) is 1. The van der Waals surface area contributed by atoms with Crippen molar-refractivity contribution in [3.05, 3.63) is 30.5 Å². The lowest BCUT2D eigenvalue weighted by molar-refractivity contribution is 0.559. The predicted octanol–water partition coefficient (Wildman–Crippen LogP) is 2.24. The van der Waals surface area contributed by atoms with Crippen LogP contribution in [0.4, 0.5) is 5.69 Å². The van der Waals surface area contributed by atoms with E-state index in [4.69, 9.17) is 5.73 Å². The number of fused-ring (bicyclic) bond motifs is 1. The number of hydrogen-bond donors (Lipinski definition) is 2. The topological polar surface area (TPSA) is 85.1 Å². The fourth-order valence-electron chi connectivity index (χ4n) is 2.10. The third-order valence-corrected chi connectivity index (χ3v) is 5.53. The Morgan fingerprint density at radius 2 is 2.14 bits per heavy atom. The molecule has 7 heteroatoms. The first-order valence-electron chi connectivity index (χ1n) is 6.64. The van der Waals surface area contributed by atoms with Crippen molar-refractivity contribution in [3.63, 3.8) is 0 Å². The lowest BCUT2D eigenvalue weighted by Gasteiger charge is -2.17. The van der Waals surface area contributed by atoms with Gasteiger partial charge in [0.15, 0.2) is 0 Å². The Morgan fingerprint density at radius 3 is 2.81 bits per heavy atom. The molecule has 0 aliphatic heterocycles. The number of nitrogen functional groups attached to an aromatic ring is 1. The molecule has 1 aromatic heterocycles. The van der Waals surface area contributed by atoms with Gasteiger partial charge in [-0.1, -0.05) is 6.92 Å². The highest BCUT2D eigenvalue weighted by Crippen LogP contribution is 2.26. The fraction of sp³-hybridized carbons (Fsp3) is 0.357. The summed E-state index contributed by atoms with van der Waals surface area (Å²) in [5, 5.41) is 0.651. The summed E-state index contributed by atoms with van der Waals surface area (Å²) in [4.78, 5) is 4.36. The molecule has 5 nitrogen and oxygen atoms in total. The van der Waals surface area contributed by atoms with Crippen molar-refractivity contribution in [1.29, 1.82) is 0 Å². The Bertz CT molecular complexity index is 732. The first kappa shape index (κ1) is 16.1. The van der Waals surface area contributed by atoms with Gasteiger partial charge in [0.2, 0.25) is 10.0 Å². The fourth-order valence-corrected chi connectivity index (χ4v) is 4.41. The van der Waals surface area contributed by atoms with Crippen LogP contribution in [0.5, 0.6) is 0 Å². The Hall–Kier alpha value is -1.31. The smallest absolute Gasteiger partial charge is 0.243 e. The highest BCUT2D eigenvalue weighted by Gasteiger charge is 2.22. The molecule has 1 aromatic carbocycles. The van der Waals surface area contributed by atoms with Gasteiger partial charge >= 0.3 is 0 Å². The summed E-state index contributed by atoms with van der Waals surface area (Å²) in [5.74, 6) is 0.732. The van der Waals surface area contributed by atoms with Crippen LogP contribution in [0, 0.1) is 0 Å². The SMILES string of the molecule is CCC(CSC)NS(=O)(=O)c1ccc(N)c2cccnc12. The molecule has 1 unspecified atom stereocenters. The number of anilines is 1. The summed E-state index contributed by atoms with van der Waals surface area (Å²) >= 11 is 1.61. The zero-order valence-electron chi connectivity index (χ0n) is 12.0. The van der Waals surface area contributed by atoms with Crippen molar-refractivity contribution < 1.29 is 8.42 Å². The predicted molar refractivity (Wildman–Crippen MR) is 88.9 cm³/mol. The molecule has 21 heavy (non-hydrogen) atoms. The summed E-state index contributed by atoms with van der Waals surface area (Å²) < 4.78 is 27.9. The van der Waals surface area contributed by atoms with Crippen molar-refractivity contribution in [2.75, 3.05) is 17.7 Å². The standard InChI is InChI=1S/C14H19N3O2S2/c1-3-10(9-20-2)17-21(18,19)13-7-6-12(15)11-5-4-8-16-14(11)13/h4-8,10,17H,3,9,15H2,1-2H3. The Labute approximate surface area is 129 Å². The number of nitrogens with zero attached hydrogens (tertiary/aromatic N) is 1. The van der Waals surface area contributed by atoms with Crippen LogP contribution in [0.25, 0.3) is 10.9 Å². The number of hydrogen-bond acceptors (Lipinski definition) is 5. The van der Waals surface area contributed by atoms with Gasteiger partial charge < -0.3 is 5.73 Å². The summed E-state index contributed by atoms with van der Waals surface area (Å²) in [6.07, 6.45) is 4.26. The van der Waals surface area contributed by atoms with E-state index in [0.717, 1.165) is 12.2 Å². The van der Waals surface area contributed by atoms with Crippen LogP contribution in [0.3, 0.4) is 0 Å². The molecule has 0 spiro atoms. The molecule has 0 amide bonds. The minimum absolute atomic E-state index is 0.0960. The van der Waals surface area contributed by atoms with Gasteiger partial charge in [0, 0.05) is 29.1 Å². The maximum absolute atomic E-state index is 12.6. The van der Waals surface area contributed by atoms with Crippen LogP contribution in [0.1, 0.15) is 13.3 Å². The molecular weight excluding hydrogens is 306 g/mol. The number of aromatic nitrogens is 1. The number of benzene rings is 1. The second kappa shape index (κ2) is 6.64. The lowest BCUT2D eigenvalue weighted by atomic mass is 10.2. The molecule has 2 rings (SSSR count). The lowest BCUT2D eigenvalue weighted by Crippen LogP contribution is -2.36. The van der Waals surface area contributed by atoms with E-state index in [-0.39, 0.29) is 10.9 Å². The number of rotatable bonds is 6. The Morgan fingerprint density at radius 1 is 1.38 bits per heavy atom. The average molecular weight is 325 g/mol. The molecule has 2 aromatic rings. The minimum Gasteiger partial charge on any atom is -0.398 e. The zero-order valence-corrected chi connectivity index (χ0v) is 13.7. The van der Waals surface area contributed by atoms with Crippen LogP contribution < -0.4 is 10.5 Å². The summed E-state index contributed by atoms with van der Waals surface area (Å²) in [5.41, 5.74) is 6.81. The van der Waals surface area contributed by atoms with Crippen LogP contribution >= 0.6 is 11.8 Å². The quantitative estimate of drug-likeness (QED) is 0.796. The number of nitrogens with one attached hydrogen (secondary N) is 1. The highest BCUT2D eigenvalue weighted by molar-refractivity contribution is 7.98. The molecule has 1 heterocycles. The summed E-state index contributed by atoms with van der Waals surface area (Å²) in [6.45, 7) is 1.96. The van der Waals surface area contributed by atoms with Crippen LogP contribution in [-0.2, 0) is 10.0 Å². The second-order valence-corrected chi connectivity index (χ2v) is 7.33. The van der Waals surface area contributed by atoms with Crippen LogP contribution in [0.15, 0.2) is 35.4 Å². The van der Waals surface area contributed by atoms with Gasteiger partial charge in [-0.15, -0.1) is 0 Å². The van der Waals surface area contributed by atoms with E-state index >= 15 is 0 Å². The van der Waals surface area contributed by atoms with Gasteiger partial charge in [-0.3, -0.25) is 4.98 Å². The number of thioether (sulfide) groups is 1. The van der Waals surface area contributed by atoms with Gasteiger partial charge in [0.05, 0.1) is 5.52 Å². The van der Waals surface area contributed by atoms with Crippen molar-refractivity contribution in [2.45, 2.75) is 24.3 Å². The molecular formula is C14H19N3O2S2. The highest BCUT2D eigenvalue weighted by atomic mass is 32.2. The number of sulfonamides is 1. The maximum atomic E-state index is 12.6. The maximum Gasteiger partial charge on any atom is 0.243 e. The van der Waals surface area contributed by atoms with E-state index in [9.17, 15) is 8.42 Å². The monoisotopic (exact) mass is 325 g/mol. The molecule has 0 aliphatic rings.